The van der Waals surface area contributed by atoms with Crippen molar-refractivity contribution < 1.29 is 19.1 Å². The van der Waals surface area contributed by atoms with Gasteiger partial charge in [-0.1, -0.05) is 13.8 Å². The lowest BCUT2D eigenvalue weighted by atomic mass is 10.2. The molecular formula is C13H22O4. The van der Waals surface area contributed by atoms with E-state index in [1.54, 1.807) is 20.8 Å². The summed E-state index contributed by atoms with van der Waals surface area (Å²) < 4.78 is 10.2. The molecule has 0 heterocycles. The SMILES string of the molecule is CCC(CC)O/C=C/C(=O)C(=O)OC(C)(C)C. The van der Waals surface area contributed by atoms with Crippen LogP contribution in [-0.4, -0.2) is 23.5 Å². The van der Waals surface area contributed by atoms with Gasteiger partial charge in [-0.25, -0.2) is 4.79 Å². The molecule has 0 aliphatic carbocycles. The number of ketones is 1. The van der Waals surface area contributed by atoms with Gasteiger partial charge >= 0.3 is 5.97 Å². The second kappa shape index (κ2) is 7.09. The van der Waals surface area contributed by atoms with Crippen LogP contribution in [0.3, 0.4) is 0 Å². The van der Waals surface area contributed by atoms with E-state index in [0.717, 1.165) is 18.9 Å². The van der Waals surface area contributed by atoms with Gasteiger partial charge in [0.05, 0.1) is 12.4 Å². The average Bonchev–Trinajstić information content (AvgIpc) is 2.21. The molecule has 0 aromatic rings. The van der Waals surface area contributed by atoms with E-state index < -0.39 is 17.4 Å². The molecule has 0 atom stereocenters. The Morgan fingerprint density at radius 2 is 1.71 bits per heavy atom. The van der Waals surface area contributed by atoms with Crippen molar-refractivity contribution >= 4 is 11.8 Å². The Balaban J connectivity index is 4.17. The maximum atomic E-state index is 11.3. The molecule has 0 fully saturated rings. The van der Waals surface area contributed by atoms with E-state index in [4.69, 9.17) is 9.47 Å². The standard InChI is InChI=1S/C13H22O4/c1-6-10(7-2)16-9-8-11(14)12(15)17-13(3,4)5/h8-10H,6-7H2,1-5H3/b9-8+. The Hall–Kier alpha value is -1.32. The summed E-state index contributed by atoms with van der Waals surface area (Å²) in [6.07, 6.45) is 4.18. The number of hydrogen-bond donors (Lipinski definition) is 0. The highest BCUT2D eigenvalue weighted by atomic mass is 16.6. The average molecular weight is 242 g/mol. The van der Waals surface area contributed by atoms with Crippen molar-refractivity contribution in [3.63, 3.8) is 0 Å². The van der Waals surface area contributed by atoms with E-state index in [2.05, 4.69) is 0 Å². The molecule has 0 aromatic heterocycles. The number of esters is 1. The molecular weight excluding hydrogens is 220 g/mol. The third-order valence-corrected chi connectivity index (χ3v) is 2.00. The lowest BCUT2D eigenvalue weighted by Gasteiger charge is -2.18. The monoisotopic (exact) mass is 242 g/mol. The van der Waals surface area contributed by atoms with Crippen LogP contribution in [0, 0.1) is 0 Å². The number of carbonyl (C=O) groups excluding carboxylic acids is 2. The summed E-state index contributed by atoms with van der Waals surface area (Å²) in [7, 11) is 0. The van der Waals surface area contributed by atoms with Crippen LogP contribution in [0.15, 0.2) is 12.3 Å². The normalized spacial score (nSPS) is 11.9. The zero-order valence-electron chi connectivity index (χ0n) is 11.3. The molecule has 0 amide bonds. The molecule has 0 bridgehead atoms. The summed E-state index contributed by atoms with van der Waals surface area (Å²) in [5.74, 6) is -1.56. The first-order valence-electron chi connectivity index (χ1n) is 5.89. The third kappa shape index (κ3) is 7.55. The van der Waals surface area contributed by atoms with E-state index in [1.807, 2.05) is 13.8 Å². The lowest BCUT2D eigenvalue weighted by molar-refractivity contribution is -0.160. The predicted octanol–water partition coefficient (Wildman–Crippen LogP) is 2.62. The van der Waals surface area contributed by atoms with Gasteiger partial charge in [-0.2, -0.15) is 0 Å². The van der Waals surface area contributed by atoms with Crippen molar-refractivity contribution in [2.45, 2.75) is 59.2 Å². The van der Waals surface area contributed by atoms with Gasteiger partial charge in [0.1, 0.15) is 5.60 Å². The summed E-state index contributed by atoms with van der Waals surface area (Å²) in [5.41, 5.74) is -0.656. The topological polar surface area (TPSA) is 52.6 Å². The van der Waals surface area contributed by atoms with Crippen LogP contribution in [0.2, 0.25) is 0 Å². The van der Waals surface area contributed by atoms with Gasteiger partial charge in [0, 0.05) is 6.08 Å². The van der Waals surface area contributed by atoms with Gasteiger partial charge in [-0.3, -0.25) is 4.79 Å². The van der Waals surface area contributed by atoms with Gasteiger partial charge in [0.25, 0.3) is 5.78 Å². The van der Waals surface area contributed by atoms with Crippen LogP contribution in [0.4, 0.5) is 0 Å². The molecule has 0 radical (unpaired) electrons. The number of hydrogen-bond acceptors (Lipinski definition) is 4. The molecule has 0 saturated heterocycles. The van der Waals surface area contributed by atoms with Gasteiger partial charge in [0.2, 0.25) is 0 Å². The number of carbonyl (C=O) groups is 2. The molecule has 4 nitrogen and oxygen atoms in total. The van der Waals surface area contributed by atoms with Crippen molar-refractivity contribution in [1.29, 1.82) is 0 Å². The van der Waals surface area contributed by atoms with Crippen LogP contribution >= 0.6 is 0 Å². The van der Waals surface area contributed by atoms with E-state index in [0.29, 0.717) is 0 Å². The van der Waals surface area contributed by atoms with E-state index >= 15 is 0 Å². The zero-order valence-corrected chi connectivity index (χ0v) is 11.3. The molecule has 0 N–H and O–H groups in total. The molecule has 0 rings (SSSR count). The lowest BCUT2D eigenvalue weighted by Crippen LogP contribution is -2.28. The van der Waals surface area contributed by atoms with E-state index in [-0.39, 0.29) is 6.10 Å². The highest BCUT2D eigenvalue weighted by molar-refractivity contribution is 6.38. The third-order valence-electron chi connectivity index (χ3n) is 2.00. The first-order valence-corrected chi connectivity index (χ1v) is 5.89. The molecule has 98 valence electrons. The van der Waals surface area contributed by atoms with Crippen molar-refractivity contribution in [2.75, 3.05) is 0 Å². The van der Waals surface area contributed by atoms with Crippen LogP contribution < -0.4 is 0 Å². The van der Waals surface area contributed by atoms with Crippen molar-refractivity contribution in [2.24, 2.45) is 0 Å². The molecule has 4 heteroatoms. The smallest absolute Gasteiger partial charge is 0.379 e. The van der Waals surface area contributed by atoms with Gasteiger partial charge in [0.15, 0.2) is 0 Å². The van der Waals surface area contributed by atoms with Crippen molar-refractivity contribution in [1.82, 2.24) is 0 Å². The second-order valence-electron chi connectivity index (χ2n) is 4.74. The van der Waals surface area contributed by atoms with Crippen LogP contribution in [-0.2, 0) is 19.1 Å². The summed E-state index contributed by atoms with van der Waals surface area (Å²) in [6.45, 7) is 9.13. The molecule has 0 aliphatic heterocycles. The molecule has 0 saturated carbocycles. The second-order valence-corrected chi connectivity index (χ2v) is 4.74. The molecule has 0 aromatic carbocycles. The van der Waals surface area contributed by atoms with Gasteiger partial charge in [-0.05, 0) is 33.6 Å². The van der Waals surface area contributed by atoms with Crippen LogP contribution in [0.5, 0.6) is 0 Å². The number of ether oxygens (including phenoxy) is 2. The number of rotatable bonds is 6. The quantitative estimate of drug-likeness (QED) is 0.311. The molecule has 17 heavy (non-hydrogen) atoms. The Kier molecular flexibility index (Phi) is 6.54. The first-order chi connectivity index (χ1) is 7.80. The summed E-state index contributed by atoms with van der Waals surface area (Å²) >= 11 is 0. The summed E-state index contributed by atoms with van der Waals surface area (Å²) in [6, 6.07) is 0. The van der Waals surface area contributed by atoms with Gasteiger partial charge in [-0.15, -0.1) is 0 Å². The van der Waals surface area contributed by atoms with Crippen LogP contribution in [0.1, 0.15) is 47.5 Å². The molecule has 0 aliphatic rings. The minimum absolute atomic E-state index is 0.0812. The highest BCUT2D eigenvalue weighted by Crippen LogP contribution is 2.07. The largest absolute Gasteiger partial charge is 0.498 e. The van der Waals surface area contributed by atoms with Crippen molar-refractivity contribution in [3.8, 4) is 0 Å². The van der Waals surface area contributed by atoms with E-state index in [1.165, 1.54) is 6.26 Å². The first kappa shape index (κ1) is 15.7. The maximum absolute atomic E-state index is 11.3. The fourth-order valence-corrected chi connectivity index (χ4v) is 1.09. The van der Waals surface area contributed by atoms with Crippen molar-refractivity contribution in [3.05, 3.63) is 12.3 Å². The molecule has 0 unspecified atom stereocenters. The van der Waals surface area contributed by atoms with Gasteiger partial charge < -0.3 is 9.47 Å². The Labute approximate surface area is 103 Å². The minimum Gasteiger partial charge on any atom is -0.498 e. The Morgan fingerprint density at radius 3 is 2.12 bits per heavy atom. The van der Waals surface area contributed by atoms with E-state index in [9.17, 15) is 9.59 Å². The summed E-state index contributed by atoms with van der Waals surface area (Å²) in [5, 5.41) is 0. The highest BCUT2D eigenvalue weighted by Gasteiger charge is 2.20. The fourth-order valence-electron chi connectivity index (χ4n) is 1.09. The minimum atomic E-state index is -0.859. The predicted molar refractivity (Wildman–Crippen MR) is 65.4 cm³/mol. The molecule has 0 spiro atoms. The Bertz CT molecular complexity index is 282. The Morgan fingerprint density at radius 1 is 1.18 bits per heavy atom. The van der Waals surface area contributed by atoms with Crippen LogP contribution in [0.25, 0.3) is 0 Å². The zero-order chi connectivity index (χ0) is 13.5. The fraction of sp³-hybridized carbons (Fsp3) is 0.692. The maximum Gasteiger partial charge on any atom is 0.379 e. The summed E-state index contributed by atoms with van der Waals surface area (Å²) in [4.78, 5) is 22.6.